The fraction of sp³-hybridized carbons (Fsp3) is 0.448. The van der Waals surface area contributed by atoms with Crippen molar-refractivity contribution < 1.29 is 23.8 Å². The first-order valence-corrected chi connectivity index (χ1v) is 14.2. The van der Waals surface area contributed by atoms with Crippen molar-refractivity contribution >= 4 is 27.5 Å². The molecule has 3 heterocycles. The van der Waals surface area contributed by atoms with Gasteiger partial charge in [0.05, 0.1) is 36.2 Å². The topological polar surface area (TPSA) is 126 Å². The Morgan fingerprint density at radius 2 is 1.95 bits per heavy atom. The van der Waals surface area contributed by atoms with E-state index in [1.807, 2.05) is 24.3 Å². The number of fused-ring (bicyclic) bond motifs is 1. The third-order valence-electron chi connectivity index (χ3n) is 7.66. The van der Waals surface area contributed by atoms with Crippen LogP contribution in [0.1, 0.15) is 63.2 Å². The molecule has 1 aliphatic rings. The van der Waals surface area contributed by atoms with Crippen molar-refractivity contribution in [3.63, 3.8) is 0 Å². The number of para-hydroxylation sites is 1. The molecule has 1 unspecified atom stereocenters. The van der Waals surface area contributed by atoms with Gasteiger partial charge in [-0.1, -0.05) is 37.5 Å². The monoisotopic (exact) mass is 567 g/mol. The molecule has 0 spiro atoms. The molecule has 1 aromatic carbocycles. The van der Waals surface area contributed by atoms with Crippen molar-refractivity contribution in [3.8, 4) is 16.5 Å². The second-order valence-corrected chi connectivity index (χ2v) is 11.6. The molecule has 1 saturated carbocycles. The van der Waals surface area contributed by atoms with E-state index in [4.69, 9.17) is 13.9 Å². The molecular formula is C29H33N3O7S. The SMILES string of the molecule is COc1ccccc1C(Cn1c(=O)n(C(C)(C)C(=O)O)c(=O)c2c(C)c(-c3ncco3)sc21)OC1CCCCC1. The van der Waals surface area contributed by atoms with Gasteiger partial charge in [0.2, 0.25) is 5.89 Å². The zero-order valence-electron chi connectivity index (χ0n) is 23.0. The molecular weight excluding hydrogens is 534 g/mol. The molecule has 1 atom stereocenters. The highest BCUT2D eigenvalue weighted by molar-refractivity contribution is 7.22. The summed E-state index contributed by atoms with van der Waals surface area (Å²) in [7, 11) is 1.59. The van der Waals surface area contributed by atoms with Gasteiger partial charge < -0.3 is 19.0 Å². The van der Waals surface area contributed by atoms with Crippen LogP contribution in [0.5, 0.6) is 5.75 Å². The van der Waals surface area contributed by atoms with Gasteiger partial charge >= 0.3 is 11.7 Å². The largest absolute Gasteiger partial charge is 0.496 e. The quantitative estimate of drug-likeness (QED) is 0.296. The smallest absolute Gasteiger partial charge is 0.333 e. The molecule has 40 heavy (non-hydrogen) atoms. The summed E-state index contributed by atoms with van der Waals surface area (Å²) in [5, 5.41) is 10.3. The standard InChI is InChI=1S/C29H33N3O7S/c1-17-22-25(33)32(29(2,3)27(34)35)28(36)31(26(22)40-23(17)24-30-14-15-38-24)16-21(39-18-10-6-5-7-11-18)19-12-8-9-13-20(19)37-4/h8-9,12-15,18,21H,5-7,10-11,16H2,1-4H3,(H,34,35). The number of aliphatic carboxylic acids is 1. The lowest BCUT2D eigenvalue weighted by Crippen LogP contribution is -2.52. The van der Waals surface area contributed by atoms with Gasteiger partial charge in [0.25, 0.3) is 5.56 Å². The minimum atomic E-state index is -1.80. The van der Waals surface area contributed by atoms with Gasteiger partial charge in [0.1, 0.15) is 28.5 Å². The second-order valence-electron chi connectivity index (χ2n) is 10.6. The van der Waals surface area contributed by atoms with E-state index >= 15 is 0 Å². The molecule has 4 aromatic rings. The second kappa shape index (κ2) is 11.1. The Hall–Kier alpha value is -3.70. The molecule has 0 radical (unpaired) electrons. The third kappa shape index (κ3) is 4.88. The van der Waals surface area contributed by atoms with Crippen LogP contribution in [0.3, 0.4) is 0 Å². The molecule has 0 amide bonds. The number of carboxylic acids is 1. The minimum Gasteiger partial charge on any atom is -0.496 e. The Bertz CT molecular complexity index is 1640. The lowest BCUT2D eigenvalue weighted by atomic mass is 9.97. The zero-order chi connectivity index (χ0) is 28.6. The van der Waals surface area contributed by atoms with Crippen LogP contribution >= 0.6 is 11.3 Å². The Labute approximate surface area is 234 Å². The number of ether oxygens (including phenoxy) is 2. The summed E-state index contributed by atoms with van der Waals surface area (Å²) in [5.74, 6) is -0.353. The molecule has 11 heteroatoms. The van der Waals surface area contributed by atoms with Crippen molar-refractivity contribution in [2.24, 2.45) is 0 Å². The van der Waals surface area contributed by atoms with E-state index in [0.717, 1.165) is 42.2 Å². The van der Waals surface area contributed by atoms with Crippen molar-refractivity contribution in [2.75, 3.05) is 7.11 Å². The van der Waals surface area contributed by atoms with Crippen molar-refractivity contribution in [3.05, 3.63) is 68.7 Å². The van der Waals surface area contributed by atoms with Crippen LogP contribution in [0.15, 0.2) is 50.7 Å². The number of oxazole rings is 1. The van der Waals surface area contributed by atoms with Crippen LogP contribution in [0.25, 0.3) is 21.0 Å². The average molecular weight is 568 g/mol. The summed E-state index contributed by atoms with van der Waals surface area (Å²) in [4.78, 5) is 45.5. The van der Waals surface area contributed by atoms with E-state index in [1.165, 1.54) is 42.2 Å². The van der Waals surface area contributed by atoms with Crippen LogP contribution in [-0.4, -0.2) is 38.4 Å². The first-order chi connectivity index (χ1) is 19.1. The minimum absolute atomic E-state index is 0.00386. The molecule has 0 saturated heterocycles. The van der Waals surface area contributed by atoms with Gasteiger partial charge in [-0.05, 0) is 45.2 Å². The van der Waals surface area contributed by atoms with Crippen LogP contribution in [0, 0.1) is 6.92 Å². The van der Waals surface area contributed by atoms with E-state index in [1.54, 1.807) is 14.0 Å². The molecule has 10 nitrogen and oxygen atoms in total. The average Bonchev–Trinajstić information content (AvgIpc) is 3.59. The number of methoxy groups -OCH3 is 1. The number of hydrogen-bond acceptors (Lipinski definition) is 8. The first kappa shape index (κ1) is 27.9. The van der Waals surface area contributed by atoms with Gasteiger partial charge in [-0.15, -0.1) is 11.3 Å². The lowest BCUT2D eigenvalue weighted by molar-refractivity contribution is -0.146. The van der Waals surface area contributed by atoms with E-state index in [-0.39, 0.29) is 18.0 Å². The number of hydrogen-bond donors (Lipinski definition) is 1. The van der Waals surface area contributed by atoms with E-state index in [0.29, 0.717) is 26.9 Å². The van der Waals surface area contributed by atoms with Gasteiger partial charge in [-0.2, -0.15) is 0 Å². The molecule has 3 aromatic heterocycles. The number of thiophene rings is 1. The Balaban J connectivity index is 1.76. The predicted octanol–water partition coefficient (Wildman–Crippen LogP) is 5.11. The Morgan fingerprint density at radius 3 is 2.60 bits per heavy atom. The first-order valence-electron chi connectivity index (χ1n) is 13.4. The van der Waals surface area contributed by atoms with Crippen LogP contribution in [-0.2, 0) is 21.6 Å². The summed E-state index contributed by atoms with van der Waals surface area (Å²) in [6.45, 7) is 4.50. The highest BCUT2D eigenvalue weighted by Gasteiger charge is 2.36. The highest BCUT2D eigenvalue weighted by atomic mass is 32.1. The van der Waals surface area contributed by atoms with Gasteiger partial charge in [-0.3, -0.25) is 9.36 Å². The van der Waals surface area contributed by atoms with Crippen molar-refractivity contribution in [1.29, 1.82) is 0 Å². The third-order valence-corrected chi connectivity index (χ3v) is 8.97. The number of benzene rings is 1. The zero-order valence-corrected chi connectivity index (χ0v) is 23.8. The predicted molar refractivity (Wildman–Crippen MR) is 151 cm³/mol. The number of rotatable bonds is 9. The Kier molecular flexibility index (Phi) is 7.70. The molecule has 0 aliphatic heterocycles. The molecule has 0 bridgehead atoms. The fourth-order valence-corrected chi connectivity index (χ4v) is 6.62. The number of aromatic nitrogens is 3. The fourth-order valence-electron chi connectivity index (χ4n) is 5.38. The maximum absolute atomic E-state index is 14.1. The van der Waals surface area contributed by atoms with Crippen molar-refractivity contribution in [2.45, 2.75) is 77.2 Å². The van der Waals surface area contributed by atoms with Crippen LogP contribution in [0.4, 0.5) is 0 Å². The lowest BCUT2D eigenvalue weighted by Gasteiger charge is -2.30. The van der Waals surface area contributed by atoms with Gasteiger partial charge in [0.15, 0.2) is 0 Å². The number of carboxylic acid groups (broad SMARTS) is 1. The summed E-state index contributed by atoms with van der Waals surface area (Å²) < 4.78 is 20.1. The molecule has 5 rings (SSSR count). The maximum Gasteiger partial charge on any atom is 0.333 e. The highest BCUT2D eigenvalue weighted by Crippen LogP contribution is 2.38. The molecule has 212 valence electrons. The molecule has 1 fully saturated rings. The molecule has 1 aliphatic carbocycles. The van der Waals surface area contributed by atoms with Crippen LogP contribution < -0.4 is 16.0 Å². The normalized spacial score (nSPS) is 15.4. The van der Waals surface area contributed by atoms with Gasteiger partial charge in [0, 0.05) is 5.56 Å². The van der Waals surface area contributed by atoms with Crippen molar-refractivity contribution in [1.82, 2.24) is 14.1 Å². The van der Waals surface area contributed by atoms with Gasteiger partial charge in [-0.25, -0.2) is 19.1 Å². The summed E-state index contributed by atoms with van der Waals surface area (Å²) in [6, 6.07) is 7.50. The van der Waals surface area contributed by atoms with E-state index in [2.05, 4.69) is 4.98 Å². The Morgan fingerprint density at radius 1 is 1.23 bits per heavy atom. The maximum atomic E-state index is 14.1. The number of carbonyl (C=O) groups is 1. The summed E-state index contributed by atoms with van der Waals surface area (Å²) in [5.41, 5.74) is -1.86. The summed E-state index contributed by atoms with van der Waals surface area (Å²) in [6.07, 6.45) is 7.47. The summed E-state index contributed by atoms with van der Waals surface area (Å²) >= 11 is 1.22. The van der Waals surface area contributed by atoms with E-state index in [9.17, 15) is 19.5 Å². The van der Waals surface area contributed by atoms with E-state index < -0.39 is 28.9 Å². The number of nitrogens with zero attached hydrogens (tertiary/aromatic N) is 3. The number of aryl methyl sites for hydroxylation is 1. The van der Waals surface area contributed by atoms with Crippen LogP contribution in [0.2, 0.25) is 0 Å². The molecule has 1 N–H and O–H groups in total.